The average Bonchev–Trinajstić information content (AvgIpc) is 3.26. The number of hydrogen-bond acceptors (Lipinski definition) is 4. The van der Waals surface area contributed by atoms with Gasteiger partial charge in [-0.1, -0.05) is 6.42 Å². The van der Waals surface area contributed by atoms with Gasteiger partial charge < -0.3 is 15.3 Å². The van der Waals surface area contributed by atoms with E-state index >= 15 is 0 Å². The molecule has 0 spiro atoms. The van der Waals surface area contributed by atoms with Gasteiger partial charge in [-0.25, -0.2) is 0 Å². The zero-order chi connectivity index (χ0) is 14.7. The van der Waals surface area contributed by atoms with E-state index in [1.54, 1.807) is 0 Å². The lowest BCUT2D eigenvalue weighted by Gasteiger charge is -2.41. The summed E-state index contributed by atoms with van der Waals surface area (Å²) < 4.78 is 0. The van der Waals surface area contributed by atoms with E-state index in [0.29, 0.717) is 12.6 Å². The predicted molar refractivity (Wildman–Crippen MR) is 82.1 cm³/mol. The van der Waals surface area contributed by atoms with Gasteiger partial charge in [-0.3, -0.25) is 9.69 Å². The van der Waals surface area contributed by atoms with E-state index in [1.807, 2.05) is 0 Å². The van der Waals surface area contributed by atoms with Crippen LogP contribution in [0.25, 0.3) is 0 Å². The number of nitrogens with zero attached hydrogens (tertiary/aromatic N) is 2. The average molecular weight is 295 g/mol. The van der Waals surface area contributed by atoms with Crippen LogP contribution in [0.4, 0.5) is 0 Å². The van der Waals surface area contributed by atoms with Crippen molar-refractivity contribution in [1.82, 2.24) is 15.1 Å². The standard InChI is InChI=1S/C16H29N3O2/c20-15(17-14-4-5-14)12-18-10-6-16(21,7-11-18)13-19-8-2-1-3-9-19/h14,21H,1-13H2,(H,17,20). The van der Waals surface area contributed by atoms with Crippen LogP contribution in [0.1, 0.15) is 44.9 Å². The number of aliphatic hydroxyl groups is 1. The van der Waals surface area contributed by atoms with Gasteiger partial charge in [-0.2, -0.15) is 0 Å². The SMILES string of the molecule is O=C(CN1CCC(O)(CN2CCCCC2)CC1)NC1CC1. The fourth-order valence-electron chi connectivity index (χ4n) is 3.52. The number of likely N-dealkylation sites (tertiary alicyclic amines) is 2. The molecule has 2 saturated heterocycles. The number of nitrogens with one attached hydrogen (secondary N) is 1. The summed E-state index contributed by atoms with van der Waals surface area (Å²) >= 11 is 0. The van der Waals surface area contributed by atoms with Gasteiger partial charge >= 0.3 is 0 Å². The summed E-state index contributed by atoms with van der Waals surface area (Å²) in [5.41, 5.74) is -0.541. The molecule has 2 aliphatic heterocycles. The zero-order valence-electron chi connectivity index (χ0n) is 13.0. The monoisotopic (exact) mass is 295 g/mol. The van der Waals surface area contributed by atoms with E-state index < -0.39 is 5.60 Å². The van der Waals surface area contributed by atoms with Crippen LogP contribution >= 0.6 is 0 Å². The van der Waals surface area contributed by atoms with Crippen molar-refractivity contribution in [3.8, 4) is 0 Å². The van der Waals surface area contributed by atoms with Crippen LogP contribution in [0.5, 0.6) is 0 Å². The van der Waals surface area contributed by atoms with Crippen molar-refractivity contribution in [2.75, 3.05) is 39.3 Å². The highest BCUT2D eigenvalue weighted by Gasteiger charge is 2.35. The van der Waals surface area contributed by atoms with Gasteiger partial charge in [-0.05, 0) is 51.6 Å². The molecule has 0 aromatic heterocycles. The van der Waals surface area contributed by atoms with Crippen LogP contribution in [0.2, 0.25) is 0 Å². The Morgan fingerprint density at radius 2 is 1.71 bits per heavy atom. The van der Waals surface area contributed by atoms with Crippen LogP contribution in [0.3, 0.4) is 0 Å². The Kier molecular flexibility index (Phi) is 4.82. The van der Waals surface area contributed by atoms with Gasteiger partial charge in [0, 0.05) is 25.7 Å². The molecule has 0 aromatic rings. The van der Waals surface area contributed by atoms with Crippen LogP contribution < -0.4 is 5.32 Å². The van der Waals surface area contributed by atoms with Gasteiger partial charge in [0.2, 0.25) is 5.91 Å². The molecule has 3 fully saturated rings. The second kappa shape index (κ2) is 6.63. The van der Waals surface area contributed by atoms with Crippen molar-refractivity contribution in [3.05, 3.63) is 0 Å². The van der Waals surface area contributed by atoms with Crippen LogP contribution in [-0.4, -0.2) is 71.7 Å². The summed E-state index contributed by atoms with van der Waals surface area (Å²) in [6, 6.07) is 0.443. The van der Waals surface area contributed by atoms with Crippen LogP contribution in [0, 0.1) is 0 Å². The lowest BCUT2D eigenvalue weighted by molar-refractivity contribution is -0.124. The molecular formula is C16H29N3O2. The van der Waals surface area contributed by atoms with E-state index in [9.17, 15) is 9.90 Å². The first-order chi connectivity index (χ1) is 10.1. The smallest absolute Gasteiger partial charge is 0.234 e. The topological polar surface area (TPSA) is 55.8 Å². The van der Waals surface area contributed by atoms with E-state index in [2.05, 4.69) is 15.1 Å². The van der Waals surface area contributed by atoms with Gasteiger partial charge in [0.05, 0.1) is 12.1 Å². The van der Waals surface area contributed by atoms with Crippen molar-refractivity contribution < 1.29 is 9.90 Å². The highest BCUT2D eigenvalue weighted by molar-refractivity contribution is 5.78. The van der Waals surface area contributed by atoms with Gasteiger partial charge in [0.25, 0.3) is 0 Å². The molecule has 0 bridgehead atoms. The number of carbonyl (C=O) groups is 1. The molecule has 5 heteroatoms. The first kappa shape index (κ1) is 15.3. The third-order valence-electron chi connectivity index (χ3n) is 5.06. The Hall–Kier alpha value is -0.650. The Balaban J connectivity index is 1.39. The van der Waals surface area contributed by atoms with E-state index in [1.165, 1.54) is 19.3 Å². The first-order valence-corrected chi connectivity index (χ1v) is 8.59. The zero-order valence-corrected chi connectivity index (χ0v) is 13.0. The summed E-state index contributed by atoms with van der Waals surface area (Å²) in [5.74, 6) is 0.152. The maximum atomic E-state index is 11.8. The lowest BCUT2D eigenvalue weighted by atomic mass is 9.90. The van der Waals surface area contributed by atoms with Gasteiger partial charge in [-0.15, -0.1) is 0 Å². The second-order valence-electron chi connectivity index (χ2n) is 7.18. The molecule has 3 rings (SSSR count). The van der Waals surface area contributed by atoms with Crippen molar-refractivity contribution >= 4 is 5.91 Å². The highest BCUT2D eigenvalue weighted by Crippen LogP contribution is 2.25. The number of β-amino-alcohol motifs (C(OH)–C–C–N with tert-alkyl or cyclic N) is 1. The Labute approximate surface area is 127 Å². The maximum Gasteiger partial charge on any atom is 0.234 e. The largest absolute Gasteiger partial charge is 0.388 e. The van der Waals surface area contributed by atoms with Gasteiger partial charge in [0.1, 0.15) is 0 Å². The number of rotatable bonds is 5. The predicted octanol–water partition coefficient (Wildman–Crippen LogP) is 0.578. The molecule has 2 N–H and O–H groups in total. The molecule has 0 radical (unpaired) electrons. The van der Waals surface area contributed by atoms with E-state index in [-0.39, 0.29) is 5.91 Å². The van der Waals surface area contributed by atoms with E-state index in [0.717, 1.165) is 58.4 Å². The van der Waals surface area contributed by atoms with Crippen molar-refractivity contribution in [2.45, 2.75) is 56.6 Å². The lowest BCUT2D eigenvalue weighted by Crippen LogP contribution is -2.53. The molecule has 0 unspecified atom stereocenters. The van der Waals surface area contributed by atoms with Crippen molar-refractivity contribution in [3.63, 3.8) is 0 Å². The van der Waals surface area contributed by atoms with Gasteiger partial charge in [0.15, 0.2) is 0 Å². The first-order valence-electron chi connectivity index (χ1n) is 8.59. The summed E-state index contributed by atoms with van der Waals surface area (Å²) in [4.78, 5) is 16.4. The highest BCUT2D eigenvalue weighted by atomic mass is 16.3. The van der Waals surface area contributed by atoms with Crippen LogP contribution in [0.15, 0.2) is 0 Å². The third-order valence-corrected chi connectivity index (χ3v) is 5.06. The van der Waals surface area contributed by atoms with E-state index in [4.69, 9.17) is 0 Å². The Morgan fingerprint density at radius 3 is 2.33 bits per heavy atom. The molecule has 2 heterocycles. The normalized spacial score (nSPS) is 27.5. The summed E-state index contributed by atoms with van der Waals surface area (Å²) in [5, 5.41) is 13.8. The van der Waals surface area contributed by atoms with Crippen LogP contribution in [-0.2, 0) is 4.79 Å². The van der Waals surface area contributed by atoms with Crippen molar-refractivity contribution in [1.29, 1.82) is 0 Å². The summed E-state index contributed by atoms with van der Waals surface area (Å²) in [7, 11) is 0. The quantitative estimate of drug-likeness (QED) is 0.779. The molecule has 0 aromatic carbocycles. The molecular weight excluding hydrogens is 266 g/mol. The molecule has 1 saturated carbocycles. The number of hydrogen-bond donors (Lipinski definition) is 2. The molecule has 3 aliphatic rings. The molecule has 21 heavy (non-hydrogen) atoms. The minimum atomic E-state index is -0.541. The number of piperidine rings is 2. The Morgan fingerprint density at radius 1 is 1.05 bits per heavy atom. The minimum Gasteiger partial charge on any atom is -0.388 e. The second-order valence-corrected chi connectivity index (χ2v) is 7.18. The number of amides is 1. The molecule has 1 amide bonds. The summed E-state index contributed by atoms with van der Waals surface area (Å²) in [6.07, 6.45) is 7.73. The molecule has 0 atom stereocenters. The third kappa shape index (κ3) is 4.66. The molecule has 120 valence electrons. The summed E-state index contributed by atoms with van der Waals surface area (Å²) in [6.45, 7) is 5.25. The molecule has 1 aliphatic carbocycles. The van der Waals surface area contributed by atoms with Crippen molar-refractivity contribution in [2.24, 2.45) is 0 Å². The fraction of sp³-hybridized carbons (Fsp3) is 0.938. The molecule has 5 nitrogen and oxygen atoms in total. The Bertz CT molecular complexity index is 357. The number of carbonyl (C=O) groups excluding carboxylic acids is 1. The minimum absolute atomic E-state index is 0.152. The fourth-order valence-corrected chi connectivity index (χ4v) is 3.52. The maximum absolute atomic E-state index is 11.8.